The molecule has 2 atom stereocenters. The molecular weight excluding hydrogens is 306 g/mol. The monoisotopic (exact) mass is 325 g/mol. The molecule has 6 heteroatoms. The number of rotatable bonds is 2. The summed E-state index contributed by atoms with van der Waals surface area (Å²) in [5.74, 6) is 0.334. The molecule has 0 bridgehead atoms. The molecule has 1 aliphatic rings. The highest BCUT2D eigenvalue weighted by atomic mass is 35.5. The van der Waals surface area contributed by atoms with Crippen LogP contribution in [0.1, 0.15) is 43.0 Å². The van der Waals surface area contributed by atoms with Gasteiger partial charge < -0.3 is 5.32 Å². The van der Waals surface area contributed by atoms with Crippen LogP contribution in [0.5, 0.6) is 0 Å². The smallest absolute Gasteiger partial charge is 0.269 e. The lowest BCUT2D eigenvalue weighted by Crippen LogP contribution is -2.51. The van der Waals surface area contributed by atoms with Gasteiger partial charge in [0.05, 0.1) is 0 Å². The van der Waals surface area contributed by atoms with E-state index in [-0.39, 0.29) is 5.91 Å². The number of carbonyl (C=O) groups is 1. The first-order chi connectivity index (χ1) is 10.1. The predicted molar refractivity (Wildman–Crippen MR) is 89.2 cm³/mol. The minimum absolute atomic E-state index is 0.265. The van der Waals surface area contributed by atoms with E-state index in [1.807, 2.05) is 0 Å². The zero-order valence-electron chi connectivity index (χ0n) is 12.0. The van der Waals surface area contributed by atoms with E-state index in [0.717, 1.165) is 6.42 Å². The molecule has 3 N–H and O–H groups in total. The molecule has 1 aliphatic carbocycles. The first-order valence-corrected chi connectivity index (χ1v) is 7.97. The number of amides is 1. The van der Waals surface area contributed by atoms with Crippen LogP contribution >= 0.6 is 23.8 Å². The van der Waals surface area contributed by atoms with Gasteiger partial charge in [0, 0.05) is 16.6 Å². The summed E-state index contributed by atoms with van der Waals surface area (Å²) >= 11 is 11.1. The lowest BCUT2D eigenvalue weighted by atomic mass is 9.86. The van der Waals surface area contributed by atoms with E-state index in [0.29, 0.717) is 27.7 Å². The lowest BCUT2D eigenvalue weighted by Gasteiger charge is -2.30. The number of benzene rings is 1. The summed E-state index contributed by atoms with van der Waals surface area (Å²) in [6.45, 7) is 2.23. The maximum Gasteiger partial charge on any atom is 0.269 e. The number of thiocarbonyl (C=S) groups is 1. The zero-order chi connectivity index (χ0) is 15.2. The van der Waals surface area contributed by atoms with E-state index < -0.39 is 0 Å². The average Bonchev–Trinajstić information content (AvgIpc) is 2.47. The van der Waals surface area contributed by atoms with Crippen LogP contribution in [0.25, 0.3) is 0 Å². The molecule has 0 radical (unpaired) electrons. The van der Waals surface area contributed by atoms with Crippen LogP contribution < -0.4 is 16.2 Å². The third-order valence-corrected chi connectivity index (χ3v) is 4.26. The van der Waals surface area contributed by atoms with Crippen molar-refractivity contribution in [1.82, 2.24) is 16.2 Å². The number of halogens is 1. The summed E-state index contributed by atoms with van der Waals surface area (Å²) in [6, 6.07) is 7.14. The third-order valence-electron chi connectivity index (χ3n) is 3.80. The molecule has 21 heavy (non-hydrogen) atoms. The summed E-state index contributed by atoms with van der Waals surface area (Å²) in [5, 5.41) is 4.24. The second kappa shape index (κ2) is 7.61. The summed E-state index contributed by atoms with van der Waals surface area (Å²) in [4.78, 5) is 11.9. The highest BCUT2D eigenvalue weighted by Gasteiger charge is 2.21. The van der Waals surface area contributed by atoms with Gasteiger partial charge >= 0.3 is 0 Å². The normalized spacial score (nSPS) is 21.4. The van der Waals surface area contributed by atoms with Crippen LogP contribution in [-0.2, 0) is 0 Å². The number of hydrogen-bond acceptors (Lipinski definition) is 2. The largest absolute Gasteiger partial charge is 0.358 e. The van der Waals surface area contributed by atoms with Crippen molar-refractivity contribution in [2.45, 2.75) is 38.6 Å². The van der Waals surface area contributed by atoms with Gasteiger partial charge in [0.1, 0.15) is 0 Å². The SMILES string of the molecule is C[C@@H]1CCCC[C@@H]1NC(=S)NNC(=O)c1cccc(Cl)c1. The van der Waals surface area contributed by atoms with Gasteiger partial charge in [0.25, 0.3) is 5.91 Å². The quantitative estimate of drug-likeness (QED) is 0.578. The molecule has 1 fully saturated rings. The Labute approximate surface area is 135 Å². The molecular formula is C15H20ClN3OS. The van der Waals surface area contributed by atoms with Crippen molar-refractivity contribution in [2.75, 3.05) is 0 Å². The van der Waals surface area contributed by atoms with Gasteiger partial charge in [0.15, 0.2) is 5.11 Å². The van der Waals surface area contributed by atoms with Crippen molar-refractivity contribution in [1.29, 1.82) is 0 Å². The summed E-state index contributed by atoms with van der Waals surface area (Å²) in [5.41, 5.74) is 5.81. The van der Waals surface area contributed by atoms with Gasteiger partial charge in [-0.3, -0.25) is 15.6 Å². The Morgan fingerprint density at radius 1 is 1.29 bits per heavy atom. The van der Waals surface area contributed by atoms with Crippen LogP contribution in [0.3, 0.4) is 0 Å². The molecule has 0 aromatic heterocycles. The number of hydrogen-bond donors (Lipinski definition) is 3. The summed E-state index contributed by atoms with van der Waals surface area (Å²) < 4.78 is 0. The van der Waals surface area contributed by atoms with Crippen LogP contribution in [0.2, 0.25) is 5.02 Å². The van der Waals surface area contributed by atoms with Crippen LogP contribution in [-0.4, -0.2) is 17.1 Å². The number of hydrazine groups is 1. The summed E-state index contributed by atoms with van der Waals surface area (Å²) in [6.07, 6.45) is 4.84. The van der Waals surface area contributed by atoms with Crippen molar-refractivity contribution in [3.05, 3.63) is 34.9 Å². The Bertz CT molecular complexity index is 523. The maximum atomic E-state index is 11.9. The van der Waals surface area contributed by atoms with Crippen molar-refractivity contribution >= 4 is 34.8 Å². The Morgan fingerprint density at radius 3 is 2.76 bits per heavy atom. The molecule has 0 aliphatic heterocycles. The molecule has 114 valence electrons. The van der Waals surface area contributed by atoms with E-state index in [1.165, 1.54) is 19.3 Å². The second-order valence-electron chi connectivity index (χ2n) is 5.43. The molecule has 1 aromatic carbocycles. The van der Waals surface area contributed by atoms with E-state index in [4.69, 9.17) is 23.8 Å². The van der Waals surface area contributed by atoms with E-state index in [9.17, 15) is 4.79 Å². The molecule has 0 saturated heterocycles. The molecule has 1 amide bonds. The third kappa shape index (κ3) is 4.86. The maximum absolute atomic E-state index is 11.9. The first-order valence-electron chi connectivity index (χ1n) is 7.18. The minimum Gasteiger partial charge on any atom is -0.358 e. The first kappa shape index (κ1) is 16.0. The topological polar surface area (TPSA) is 53.2 Å². The fourth-order valence-corrected chi connectivity index (χ4v) is 2.94. The molecule has 0 unspecified atom stereocenters. The Hall–Kier alpha value is -1.33. The summed E-state index contributed by atoms with van der Waals surface area (Å²) in [7, 11) is 0. The van der Waals surface area contributed by atoms with E-state index in [1.54, 1.807) is 24.3 Å². The van der Waals surface area contributed by atoms with Gasteiger partial charge in [-0.15, -0.1) is 0 Å². The van der Waals surface area contributed by atoms with Crippen LogP contribution in [0.15, 0.2) is 24.3 Å². The van der Waals surface area contributed by atoms with E-state index >= 15 is 0 Å². The number of nitrogens with one attached hydrogen (secondary N) is 3. The van der Waals surface area contributed by atoms with Crippen molar-refractivity contribution < 1.29 is 4.79 Å². The zero-order valence-corrected chi connectivity index (χ0v) is 13.6. The van der Waals surface area contributed by atoms with E-state index in [2.05, 4.69) is 23.1 Å². The van der Waals surface area contributed by atoms with Gasteiger partial charge in [-0.2, -0.15) is 0 Å². The average molecular weight is 326 g/mol. The van der Waals surface area contributed by atoms with Crippen molar-refractivity contribution in [3.63, 3.8) is 0 Å². The minimum atomic E-state index is -0.265. The fourth-order valence-electron chi connectivity index (χ4n) is 2.55. The van der Waals surface area contributed by atoms with Crippen LogP contribution in [0, 0.1) is 5.92 Å². The highest BCUT2D eigenvalue weighted by molar-refractivity contribution is 7.80. The molecule has 1 saturated carbocycles. The number of carbonyl (C=O) groups excluding carboxylic acids is 1. The van der Waals surface area contributed by atoms with Gasteiger partial charge in [-0.05, 0) is 49.2 Å². The molecule has 1 aromatic rings. The predicted octanol–water partition coefficient (Wildman–Crippen LogP) is 3.03. The highest BCUT2D eigenvalue weighted by Crippen LogP contribution is 2.23. The fraction of sp³-hybridized carbons (Fsp3) is 0.467. The molecule has 2 rings (SSSR count). The van der Waals surface area contributed by atoms with Crippen molar-refractivity contribution in [3.8, 4) is 0 Å². The van der Waals surface area contributed by atoms with Crippen molar-refractivity contribution in [2.24, 2.45) is 5.92 Å². The molecule has 4 nitrogen and oxygen atoms in total. The second-order valence-corrected chi connectivity index (χ2v) is 6.28. The Balaban J connectivity index is 1.79. The van der Waals surface area contributed by atoms with Gasteiger partial charge in [-0.1, -0.05) is 37.4 Å². The Kier molecular flexibility index (Phi) is 5.82. The Morgan fingerprint density at radius 2 is 2.05 bits per heavy atom. The van der Waals surface area contributed by atoms with Crippen LogP contribution in [0.4, 0.5) is 0 Å². The van der Waals surface area contributed by atoms with Gasteiger partial charge in [0.2, 0.25) is 0 Å². The lowest BCUT2D eigenvalue weighted by molar-refractivity contribution is 0.0943. The molecule has 0 heterocycles. The molecule has 0 spiro atoms. The standard InChI is InChI=1S/C15H20ClN3OS/c1-10-5-2-3-8-13(10)17-15(21)19-18-14(20)11-6-4-7-12(16)9-11/h4,6-7,9-10,13H,2-3,5,8H2,1H3,(H,18,20)(H2,17,19,21)/t10-,13+/m1/s1. The van der Waals surface area contributed by atoms with Gasteiger partial charge in [-0.25, -0.2) is 0 Å².